The van der Waals surface area contributed by atoms with Gasteiger partial charge in [0.2, 0.25) is 0 Å². The highest BCUT2D eigenvalue weighted by Gasteiger charge is 2.37. The molecule has 1 aromatic heterocycles. The van der Waals surface area contributed by atoms with Crippen LogP contribution in [0.25, 0.3) is 17.5 Å². The number of rotatable bonds is 1. The van der Waals surface area contributed by atoms with Crippen LogP contribution in [0.2, 0.25) is 0 Å². The summed E-state index contributed by atoms with van der Waals surface area (Å²) < 4.78 is 2.33. The Morgan fingerprint density at radius 3 is 2.26 bits per heavy atom. The van der Waals surface area contributed by atoms with Crippen LogP contribution in [0.4, 0.5) is 5.69 Å². The van der Waals surface area contributed by atoms with E-state index >= 15 is 0 Å². The molecular weight excluding hydrogens is 328 g/mol. The summed E-state index contributed by atoms with van der Waals surface area (Å²) in [5.74, 6) is 0. The maximum Gasteiger partial charge on any atom is 0.100 e. The smallest absolute Gasteiger partial charge is 0.100 e. The van der Waals surface area contributed by atoms with Gasteiger partial charge in [0.05, 0.1) is 22.8 Å². The molecule has 0 unspecified atom stereocenters. The van der Waals surface area contributed by atoms with E-state index in [9.17, 15) is 0 Å². The fourth-order valence-corrected chi connectivity index (χ4v) is 4.49. The second kappa shape index (κ2) is 5.49. The SMILES string of the molecule is C1=C(c2ccccc2)N2c3ccccc3-n3cccc3[C@H]2c2ccccc21. The molecule has 27 heavy (non-hydrogen) atoms. The van der Waals surface area contributed by atoms with Crippen molar-refractivity contribution >= 4 is 17.5 Å². The van der Waals surface area contributed by atoms with Gasteiger partial charge in [-0.3, -0.25) is 0 Å². The van der Waals surface area contributed by atoms with Crippen molar-refractivity contribution in [1.29, 1.82) is 0 Å². The first-order valence-electron chi connectivity index (χ1n) is 9.34. The normalized spacial score (nSPS) is 16.7. The third-order valence-electron chi connectivity index (χ3n) is 5.63. The van der Waals surface area contributed by atoms with Crippen LogP contribution < -0.4 is 4.90 Å². The molecule has 2 nitrogen and oxygen atoms in total. The lowest BCUT2D eigenvalue weighted by Crippen LogP contribution is -2.36. The molecule has 1 atom stereocenters. The first-order valence-corrected chi connectivity index (χ1v) is 9.34. The van der Waals surface area contributed by atoms with Crippen LogP contribution in [0.1, 0.15) is 28.4 Å². The van der Waals surface area contributed by atoms with E-state index in [0.717, 1.165) is 0 Å². The molecule has 0 N–H and O–H groups in total. The summed E-state index contributed by atoms with van der Waals surface area (Å²) in [6, 6.07) is 32.7. The molecule has 0 aliphatic carbocycles. The number of anilines is 1. The van der Waals surface area contributed by atoms with Gasteiger partial charge < -0.3 is 9.47 Å². The summed E-state index contributed by atoms with van der Waals surface area (Å²) in [7, 11) is 0. The van der Waals surface area contributed by atoms with E-state index in [0.29, 0.717) is 0 Å². The largest absolute Gasteiger partial charge is 0.326 e. The fraction of sp³-hybridized carbons (Fsp3) is 0.0400. The summed E-state index contributed by atoms with van der Waals surface area (Å²) in [6.45, 7) is 0. The van der Waals surface area contributed by atoms with Crippen molar-refractivity contribution in [2.24, 2.45) is 0 Å². The van der Waals surface area contributed by atoms with Crippen LogP contribution in [-0.2, 0) is 0 Å². The molecule has 0 fully saturated rings. The Hall–Kier alpha value is -3.52. The van der Waals surface area contributed by atoms with Gasteiger partial charge in [-0.15, -0.1) is 0 Å². The number of hydrogen-bond donors (Lipinski definition) is 0. The average Bonchev–Trinajstić information content (AvgIpc) is 3.23. The van der Waals surface area contributed by atoms with Crippen molar-refractivity contribution < 1.29 is 0 Å². The molecule has 2 aliphatic heterocycles. The fourth-order valence-electron chi connectivity index (χ4n) is 4.49. The Morgan fingerprint density at radius 1 is 0.630 bits per heavy atom. The topological polar surface area (TPSA) is 8.17 Å². The number of fused-ring (bicyclic) bond motifs is 8. The second-order valence-electron chi connectivity index (χ2n) is 7.09. The number of para-hydroxylation sites is 2. The van der Waals surface area contributed by atoms with Crippen molar-refractivity contribution in [3.05, 3.63) is 120 Å². The van der Waals surface area contributed by atoms with Gasteiger partial charge in [-0.1, -0.05) is 66.7 Å². The van der Waals surface area contributed by atoms with Gasteiger partial charge >= 0.3 is 0 Å². The summed E-state index contributed by atoms with van der Waals surface area (Å²) in [5.41, 5.74) is 8.93. The van der Waals surface area contributed by atoms with Crippen molar-refractivity contribution in [2.45, 2.75) is 6.04 Å². The molecule has 0 radical (unpaired) electrons. The van der Waals surface area contributed by atoms with E-state index in [4.69, 9.17) is 0 Å². The van der Waals surface area contributed by atoms with E-state index < -0.39 is 0 Å². The first kappa shape index (κ1) is 14.6. The Morgan fingerprint density at radius 2 is 1.37 bits per heavy atom. The lowest BCUT2D eigenvalue weighted by Gasteiger charge is -2.44. The lowest BCUT2D eigenvalue weighted by atomic mass is 9.88. The van der Waals surface area contributed by atoms with Crippen LogP contribution in [0, 0.1) is 0 Å². The van der Waals surface area contributed by atoms with E-state index in [1.807, 2.05) is 0 Å². The predicted octanol–water partition coefficient (Wildman–Crippen LogP) is 5.90. The van der Waals surface area contributed by atoms with E-state index in [1.54, 1.807) is 0 Å². The minimum atomic E-state index is 0.173. The zero-order chi connectivity index (χ0) is 17.8. The van der Waals surface area contributed by atoms with Gasteiger partial charge in [0.1, 0.15) is 6.04 Å². The van der Waals surface area contributed by atoms with Gasteiger partial charge in [-0.05, 0) is 47.0 Å². The molecule has 2 heteroatoms. The Bertz CT molecular complexity index is 1180. The summed E-state index contributed by atoms with van der Waals surface area (Å²) >= 11 is 0. The molecule has 4 aromatic rings. The molecule has 0 saturated carbocycles. The van der Waals surface area contributed by atoms with Crippen molar-refractivity contribution in [2.75, 3.05) is 4.90 Å². The molecule has 0 amide bonds. The second-order valence-corrected chi connectivity index (χ2v) is 7.09. The maximum atomic E-state index is 2.50. The van der Waals surface area contributed by atoms with Crippen LogP contribution >= 0.6 is 0 Å². The molecule has 3 heterocycles. The Kier molecular flexibility index (Phi) is 2.97. The average molecular weight is 346 g/mol. The third kappa shape index (κ3) is 2.01. The standard InChI is InChI=1S/C25H18N2/c1-2-9-18(10-3-1)24-17-19-11-4-5-12-20(19)25-23-15-8-16-26(23)21-13-6-7-14-22(21)27(24)25/h1-17,25H/t25-/m1/s1. The van der Waals surface area contributed by atoms with E-state index in [1.165, 1.54) is 39.5 Å². The highest BCUT2D eigenvalue weighted by Crippen LogP contribution is 2.49. The van der Waals surface area contributed by atoms with Crippen LogP contribution in [-0.4, -0.2) is 4.57 Å². The quantitative estimate of drug-likeness (QED) is 0.417. The third-order valence-corrected chi connectivity index (χ3v) is 5.63. The highest BCUT2D eigenvalue weighted by molar-refractivity contribution is 5.96. The summed E-state index contributed by atoms with van der Waals surface area (Å²) in [5, 5.41) is 0. The predicted molar refractivity (Wildman–Crippen MR) is 111 cm³/mol. The van der Waals surface area contributed by atoms with Crippen molar-refractivity contribution in [3.63, 3.8) is 0 Å². The van der Waals surface area contributed by atoms with Gasteiger partial charge in [-0.2, -0.15) is 0 Å². The van der Waals surface area contributed by atoms with E-state index in [-0.39, 0.29) is 6.04 Å². The van der Waals surface area contributed by atoms with Gasteiger partial charge in [-0.25, -0.2) is 0 Å². The maximum absolute atomic E-state index is 2.50. The number of benzene rings is 3. The molecule has 3 aromatic carbocycles. The van der Waals surface area contributed by atoms with Crippen LogP contribution in [0.15, 0.2) is 97.2 Å². The summed E-state index contributed by atoms with van der Waals surface area (Å²) in [6.07, 6.45) is 4.51. The monoisotopic (exact) mass is 346 g/mol. The zero-order valence-electron chi connectivity index (χ0n) is 14.8. The molecular formula is C25H18N2. The molecule has 2 aliphatic rings. The number of hydrogen-bond acceptors (Lipinski definition) is 1. The molecule has 6 rings (SSSR count). The van der Waals surface area contributed by atoms with Gasteiger partial charge in [0.15, 0.2) is 0 Å². The Balaban J connectivity index is 1.71. The van der Waals surface area contributed by atoms with Crippen molar-refractivity contribution in [3.8, 4) is 5.69 Å². The van der Waals surface area contributed by atoms with Crippen LogP contribution in [0.5, 0.6) is 0 Å². The van der Waals surface area contributed by atoms with E-state index in [2.05, 4.69) is 113 Å². The van der Waals surface area contributed by atoms with Gasteiger partial charge in [0.25, 0.3) is 0 Å². The molecule has 0 saturated heterocycles. The minimum absolute atomic E-state index is 0.173. The molecule has 0 spiro atoms. The van der Waals surface area contributed by atoms with Crippen molar-refractivity contribution in [1.82, 2.24) is 4.57 Å². The lowest BCUT2D eigenvalue weighted by molar-refractivity contribution is 0.728. The van der Waals surface area contributed by atoms with Gasteiger partial charge in [0, 0.05) is 6.20 Å². The highest BCUT2D eigenvalue weighted by atomic mass is 15.3. The Labute approximate surface area is 158 Å². The summed E-state index contributed by atoms with van der Waals surface area (Å²) in [4.78, 5) is 2.50. The molecule has 0 bridgehead atoms. The first-order chi connectivity index (χ1) is 13.4. The minimum Gasteiger partial charge on any atom is -0.326 e. The van der Waals surface area contributed by atoms with Crippen LogP contribution in [0.3, 0.4) is 0 Å². The number of nitrogens with zero attached hydrogens (tertiary/aromatic N) is 2. The number of aromatic nitrogens is 1. The molecule has 128 valence electrons. The zero-order valence-corrected chi connectivity index (χ0v) is 14.8.